The fraction of sp³-hybridized carbons (Fsp3) is 0.118. The Bertz CT molecular complexity index is 942. The monoisotopic (exact) mass is 427 g/mol. The van der Waals surface area contributed by atoms with E-state index in [2.05, 4.69) is 21.2 Å². The Hall–Kier alpha value is -2.19. The number of hydrogen-bond donors (Lipinski definition) is 1. The van der Waals surface area contributed by atoms with Crippen molar-refractivity contribution in [2.24, 2.45) is 0 Å². The molecule has 8 heteroatoms. The van der Waals surface area contributed by atoms with E-state index in [0.717, 1.165) is 28.9 Å². The molecule has 1 amide bonds. The minimum absolute atomic E-state index is 0.0816. The first-order valence-electron chi connectivity index (χ1n) is 7.03. The number of methoxy groups -OCH3 is 1. The quantitative estimate of drug-likeness (QED) is 0.583. The minimum atomic E-state index is -3.50. The van der Waals surface area contributed by atoms with Crippen LogP contribution in [0, 0.1) is 5.82 Å². The molecule has 0 saturated heterocycles. The molecule has 2 aromatic rings. The third-order valence-electron chi connectivity index (χ3n) is 3.23. The zero-order valence-electron chi connectivity index (χ0n) is 13.4. The van der Waals surface area contributed by atoms with Gasteiger partial charge in [-0.2, -0.15) is 0 Å². The van der Waals surface area contributed by atoms with Crippen LogP contribution in [0.25, 0.3) is 6.08 Å². The van der Waals surface area contributed by atoms with Crippen molar-refractivity contribution in [1.82, 2.24) is 0 Å². The number of benzene rings is 2. The molecule has 0 aliphatic carbocycles. The van der Waals surface area contributed by atoms with E-state index in [9.17, 15) is 17.6 Å². The summed E-state index contributed by atoms with van der Waals surface area (Å²) in [6, 6.07) is 8.50. The number of sulfone groups is 1. The zero-order chi connectivity index (χ0) is 18.6. The Morgan fingerprint density at radius 1 is 1.24 bits per heavy atom. The number of carbonyl (C=O) groups is 1. The largest absolute Gasteiger partial charge is 0.496 e. The Labute approximate surface area is 153 Å². The van der Waals surface area contributed by atoms with Crippen LogP contribution in [-0.2, 0) is 14.6 Å². The Balaban J connectivity index is 2.22. The van der Waals surface area contributed by atoms with E-state index in [-0.39, 0.29) is 10.6 Å². The summed E-state index contributed by atoms with van der Waals surface area (Å²) in [6.07, 6.45) is 3.72. The van der Waals surface area contributed by atoms with E-state index in [4.69, 9.17) is 4.74 Å². The van der Waals surface area contributed by atoms with Crippen LogP contribution in [0.1, 0.15) is 5.56 Å². The molecule has 25 heavy (non-hydrogen) atoms. The maximum Gasteiger partial charge on any atom is 0.248 e. The maximum absolute atomic E-state index is 13.8. The molecule has 1 N–H and O–H groups in total. The van der Waals surface area contributed by atoms with E-state index < -0.39 is 21.6 Å². The Kier molecular flexibility index (Phi) is 5.97. The highest BCUT2D eigenvalue weighted by molar-refractivity contribution is 9.10. The van der Waals surface area contributed by atoms with Crippen molar-refractivity contribution < 1.29 is 22.3 Å². The lowest BCUT2D eigenvalue weighted by atomic mass is 10.2. The van der Waals surface area contributed by atoms with Gasteiger partial charge in [-0.05, 0) is 42.5 Å². The van der Waals surface area contributed by atoms with Gasteiger partial charge in [-0.3, -0.25) is 4.79 Å². The van der Waals surface area contributed by atoms with Crippen LogP contribution in [0.2, 0.25) is 0 Å². The van der Waals surface area contributed by atoms with Gasteiger partial charge in [0.2, 0.25) is 5.91 Å². The average Bonchev–Trinajstić information content (AvgIpc) is 2.54. The van der Waals surface area contributed by atoms with Crippen molar-refractivity contribution in [2.45, 2.75) is 4.90 Å². The van der Waals surface area contributed by atoms with Crippen LogP contribution >= 0.6 is 15.9 Å². The molecule has 0 aliphatic heterocycles. The minimum Gasteiger partial charge on any atom is -0.496 e. The van der Waals surface area contributed by atoms with Crippen molar-refractivity contribution in [3.05, 3.63) is 58.3 Å². The van der Waals surface area contributed by atoms with E-state index in [1.165, 1.54) is 19.3 Å². The number of carbonyl (C=O) groups excluding carboxylic acids is 1. The molecule has 132 valence electrons. The number of anilines is 1. The highest BCUT2D eigenvalue weighted by atomic mass is 79.9. The summed E-state index contributed by atoms with van der Waals surface area (Å²) >= 11 is 3.33. The van der Waals surface area contributed by atoms with Gasteiger partial charge in [0.15, 0.2) is 9.84 Å². The molecule has 5 nitrogen and oxygen atoms in total. The average molecular weight is 428 g/mol. The zero-order valence-corrected chi connectivity index (χ0v) is 15.8. The third kappa shape index (κ3) is 5.14. The van der Waals surface area contributed by atoms with E-state index in [0.29, 0.717) is 11.3 Å². The molecule has 0 unspecified atom stereocenters. The number of nitrogens with one attached hydrogen (secondary N) is 1. The summed E-state index contributed by atoms with van der Waals surface area (Å²) in [5.74, 6) is -0.765. The number of rotatable bonds is 5. The second kappa shape index (κ2) is 7.79. The molecule has 0 fully saturated rings. The van der Waals surface area contributed by atoms with Crippen LogP contribution in [-0.4, -0.2) is 27.7 Å². The molecule has 2 rings (SSSR count). The molecular weight excluding hydrogens is 413 g/mol. The smallest absolute Gasteiger partial charge is 0.248 e. The van der Waals surface area contributed by atoms with Crippen LogP contribution in [0.5, 0.6) is 5.75 Å². The number of ether oxygens (including phenoxy) is 1. The topological polar surface area (TPSA) is 72.5 Å². The Morgan fingerprint density at radius 2 is 1.96 bits per heavy atom. The van der Waals surface area contributed by atoms with Gasteiger partial charge >= 0.3 is 0 Å². The van der Waals surface area contributed by atoms with Gasteiger partial charge in [0, 0.05) is 22.4 Å². The van der Waals surface area contributed by atoms with Gasteiger partial charge in [0.1, 0.15) is 11.6 Å². The van der Waals surface area contributed by atoms with Gasteiger partial charge < -0.3 is 10.1 Å². The van der Waals surface area contributed by atoms with Crippen molar-refractivity contribution in [3.8, 4) is 5.75 Å². The van der Waals surface area contributed by atoms with Crippen LogP contribution < -0.4 is 10.1 Å². The molecule has 0 heterocycles. The van der Waals surface area contributed by atoms with Crippen LogP contribution in [0.3, 0.4) is 0 Å². The van der Waals surface area contributed by atoms with Gasteiger partial charge in [-0.1, -0.05) is 15.9 Å². The fourth-order valence-electron chi connectivity index (χ4n) is 2.01. The second-order valence-corrected chi connectivity index (χ2v) is 8.05. The van der Waals surface area contributed by atoms with Crippen LogP contribution in [0.4, 0.5) is 10.1 Å². The van der Waals surface area contributed by atoms with E-state index >= 15 is 0 Å². The molecule has 2 aromatic carbocycles. The summed E-state index contributed by atoms with van der Waals surface area (Å²) in [4.78, 5) is 11.9. The van der Waals surface area contributed by atoms with Gasteiger partial charge in [-0.15, -0.1) is 0 Å². The number of amides is 1. The molecule has 0 radical (unpaired) electrons. The summed E-state index contributed by atoms with van der Waals surface area (Å²) in [5, 5.41) is 2.33. The Morgan fingerprint density at radius 3 is 2.60 bits per heavy atom. The van der Waals surface area contributed by atoms with Crippen molar-refractivity contribution >= 4 is 43.4 Å². The van der Waals surface area contributed by atoms with Crippen LogP contribution in [0.15, 0.2) is 51.8 Å². The fourth-order valence-corrected chi connectivity index (χ4v) is 3.03. The lowest BCUT2D eigenvalue weighted by Gasteiger charge is -2.07. The van der Waals surface area contributed by atoms with E-state index in [1.54, 1.807) is 18.2 Å². The molecular formula is C17H15BrFNO4S. The highest BCUT2D eigenvalue weighted by Gasteiger charge is 2.12. The first kappa shape index (κ1) is 19.1. The van der Waals surface area contributed by atoms with Crippen molar-refractivity contribution in [2.75, 3.05) is 18.7 Å². The summed E-state index contributed by atoms with van der Waals surface area (Å²) in [7, 11) is -2.00. The first-order valence-corrected chi connectivity index (χ1v) is 9.71. The van der Waals surface area contributed by atoms with Gasteiger partial charge in [0.25, 0.3) is 0 Å². The second-order valence-electron chi connectivity index (χ2n) is 5.12. The predicted octanol–water partition coefficient (Wildman–Crippen LogP) is 3.65. The van der Waals surface area contributed by atoms with Gasteiger partial charge in [0.05, 0.1) is 17.7 Å². The molecule has 0 bridgehead atoms. The molecule has 0 spiro atoms. The van der Waals surface area contributed by atoms with Crippen molar-refractivity contribution in [3.63, 3.8) is 0 Å². The summed E-state index contributed by atoms with van der Waals surface area (Å²) in [6.45, 7) is 0. The van der Waals surface area contributed by atoms with E-state index in [1.807, 2.05) is 0 Å². The van der Waals surface area contributed by atoms with Crippen molar-refractivity contribution in [1.29, 1.82) is 0 Å². The van der Waals surface area contributed by atoms with Gasteiger partial charge in [-0.25, -0.2) is 12.8 Å². The molecule has 0 aromatic heterocycles. The lowest BCUT2D eigenvalue weighted by molar-refractivity contribution is -0.111. The highest BCUT2D eigenvalue weighted by Crippen LogP contribution is 2.24. The normalized spacial score (nSPS) is 11.5. The SMILES string of the molecule is COc1ccc(Br)cc1/C=C/C(=O)Nc1cc(S(C)(=O)=O)ccc1F. The number of halogens is 2. The summed E-state index contributed by atoms with van der Waals surface area (Å²) in [5.41, 5.74) is 0.441. The maximum atomic E-state index is 13.8. The lowest BCUT2D eigenvalue weighted by Crippen LogP contribution is -2.10. The third-order valence-corrected chi connectivity index (χ3v) is 4.83. The summed E-state index contributed by atoms with van der Waals surface area (Å²) < 4.78 is 42.8. The predicted molar refractivity (Wildman–Crippen MR) is 97.9 cm³/mol. The molecule has 0 atom stereocenters. The molecule has 0 aliphatic rings. The first-order chi connectivity index (χ1) is 11.7. The molecule has 0 saturated carbocycles. The number of hydrogen-bond acceptors (Lipinski definition) is 4. The standard InChI is InChI=1S/C17H15BrFNO4S/c1-24-16-7-4-12(18)9-11(16)3-8-17(21)20-15-10-13(25(2,22)23)5-6-14(15)19/h3-10H,1-2H3,(H,20,21)/b8-3+.